The Bertz CT molecular complexity index is 2120. The molecule has 6 rings (SSSR count). The number of fused-ring (bicyclic) bond motifs is 1. The first-order chi connectivity index (χ1) is 23.8. The molecule has 2 saturated heterocycles. The van der Waals surface area contributed by atoms with Crippen LogP contribution < -0.4 is 19.9 Å². The van der Waals surface area contributed by atoms with Gasteiger partial charge < -0.3 is 19.3 Å². The second-order valence-corrected chi connectivity index (χ2v) is 14.5. The smallest absolute Gasteiger partial charge is 0.410 e. The zero-order valence-corrected chi connectivity index (χ0v) is 28.6. The Hall–Kier alpha value is -5.34. The van der Waals surface area contributed by atoms with E-state index in [0.29, 0.717) is 56.4 Å². The van der Waals surface area contributed by atoms with Crippen LogP contribution in [0.2, 0.25) is 0 Å². The van der Waals surface area contributed by atoms with Gasteiger partial charge in [0.2, 0.25) is 5.95 Å². The fraction of sp³-hybridized carbons (Fsp3) is 0.394. The van der Waals surface area contributed by atoms with Crippen molar-refractivity contribution in [3.05, 3.63) is 70.8 Å². The zero-order valence-electron chi connectivity index (χ0n) is 27.8. The number of carbonyl (C=O) groups excluding carboxylic acids is 1. The molecule has 50 heavy (non-hydrogen) atoms. The van der Waals surface area contributed by atoms with E-state index in [4.69, 9.17) is 9.47 Å². The topological polar surface area (TPSA) is 176 Å². The molecule has 2 fully saturated rings. The molecule has 1 amide bonds. The highest BCUT2D eigenvalue weighted by atomic mass is 32.2. The third-order valence-electron chi connectivity index (χ3n) is 8.18. The third kappa shape index (κ3) is 7.45. The van der Waals surface area contributed by atoms with Crippen LogP contribution in [-0.2, 0) is 14.9 Å². The summed E-state index contributed by atoms with van der Waals surface area (Å²) in [6.07, 6.45) is 6.31. The van der Waals surface area contributed by atoms with Gasteiger partial charge in [-0.25, -0.2) is 24.1 Å². The molecule has 1 N–H and O–H groups in total. The molecule has 262 valence electrons. The molecule has 0 unspecified atom stereocenters. The Morgan fingerprint density at radius 3 is 2.34 bits per heavy atom. The van der Waals surface area contributed by atoms with Crippen molar-refractivity contribution < 1.29 is 27.1 Å². The van der Waals surface area contributed by atoms with Gasteiger partial charge in [0.05, 0.1) is 34.7 Å². The molecule has 2 aliphatic rings. The molecule has 0 radical (unpaired) electrons. The number of anilines is 2. The molecule has 2 aliphatic heterocycles. The number of nitriles is 1. The second-order valence-electron chi connectivity index (χ2n) is 12.9. The Morgan fingerprint density at radius 1 is 0.980 bits per heavy atom. The van der Waals surface area contributed by atoms with Crippen molar-refractivity contribution in [3.8, 4) is 23.3 Å². The van der Waals surface area contributed by atoms with Crippen molar-refractivity contribution in [2.24, 2.45) is 0 Å². The minimum absolute atomic E-state index is 0.0257. The number of amides is 1. The highest BCUT2D eigenvalue weighted by Crippen LogP contribution is 2.34. The number of rotatable bonds is 7. The first-order valence-corrected chi connectivity index (χ1v) is 17.5. The van der Waals surface area contributed by atoms with Crippen molar-refractivity contribution in [2.75, 3.05) is 48.9 Å². The highest BCUT2D eigenvalue weighted by Gasteiger charge is 2.28. The molecule has 15 nitrogen and oxygen atoms in total. The van der Waals surface area contributed by atoms with Gasteiger partial charge in [-0.3, -0.25) is 14.1 Å². The van der Waals surface area contributed by atoms with Crippen LogP contribution in [0.4, 0.5) is 20.8 Å². The maximum atomic E-state index is 15.1. The quantitative estimate of drug-likeness (QED) is 0.292. The van der Waals surface area contributed by atoms with Gasteiger partial charge in [-0.1, -0.05) is 6.42 Å². The summed E-state index contributed by atoms with van der Waals surface area (Å²) >= 11 is 0. The third-order valence-corrected chi connectivity index (χ3v) is 9.70. The number of piperazine rings is 1. The van der Waals surface area contributed by atoms with Crippen molar-refractivity contribution in [3.63, 3.8) is 0 Å². The van der Waals surface area contributed by atoms with Crippen LogP contribution >= 0.6 is 0 Å². The van der Waals surface area contributed by atoms with Gasteiger partial charge in [-0.05, 0) is 63.9 Å². The molecule has 2 aromatic carbocycles. The number of ether oxygens (including phenoxy) is 2. The predicted molar refractivity (Wildman–Crippen MR) is 182 cm³/mol. The second kappa shape index (κ2) is 13.9. The summed E-state index contributed by atoms with van der Waals surface area (Å²) < 4.78 is 57.2. The average Bonchev–Trinajstić information content (AvgIpc) is 3.10. The normalized spacial score (nSPS) is 15.8. The lowest BCUT2D eigenvalue weighted by Crippen LogP contribution is -2.50. The maximum absolute atomic E-state index is 15.1. The molecule has 17 heteroatoms. The number of halogens is 1. The monoisotopic (exact) mass is 705 g/mol. The Balaban J connectivity index is 1.20. The van der Waals surface area contributed by atoms with Crippen LogP contribution in [0.25, 0.3) is 16.6 Å². The van der Waals surface area contributed by atoms with E-state index in [1.54, 1.807) is 4.90 Å². The van der Waals surface area contributed by atoms with Gasteiger partial charge in [-0.15, -0.1) is 0 Å². The number of nitrogens with zero attached hydrogens (tertiary/aromatic N) is 8. The summed E-state index contributed by atoms with van der Waals surface area (Å²) in [4.78, 5) is 42.8. The lowest BCUT2D eigenvalue weighted by atomic mass is 10.1. The first-order valence-electron chi connectivity index (χ1n) is 16.1. The van der Waals surface area contributed by atoms with E-state index < -0.39 is 32.9 Å². The van der Waals surface area contributed by atoms with E-state index in [2.05, 4.69) is 19.7 Å². The van der Waals surface area contributed by atoms with E-state index in [9.17, 15) is 23.3 Å². The number of piperidine rings is 1. The summed E-state index contributed by atoms with van der Waals surface area (Å²) in [5, 5.41) is 10.0. The number of hydrogen-bond donors (Lipinski definition) is 1. The molecule has 0 saturated carbocycles. The fourth-order valence-electron chi connectivity index (χ4n) is 5.65. The van der Waals surface area contributed by atoms with Crippen molar-refractivity contribution in [1.82, 2.24) is 28.7 Å². The van der Waals surface area contributed by atoms with Gasteiger partial charge in [0.25, 0.3) is 5.56 Å². The molecular weight excluding hydrogens is 669 g/mol. The van der Waals surface area contributed by atoms with Gasteiger partial charge in [-0.2, -0.15) is 18.0 Å². The van der Waals surface area contributed by atoms with Gasteiger partial charge >= 0.3 is 16.3 Å². The number of benzene rings is 2. The van der Waals surface area contributed by atoms with Crippen LogP contribution in [0.15, 0.2) is 53.8 Å². The SMILES string of the molecule is CC(C)(C)OC(=O)N1CCN(c2ncc(-n3cnc4ccc(Oc5c(F)ccc(NS(=O)(=O)N6CCCCC6)c5C#N)cc4c3=O)cn2)CC1. The minimum Gasteiger partial charge on any atom is -0.453 e. The van der Waals surface area contributed by atoms with Crippen molar-refractivity contribution in [1.29, 1.82) is 5.26 Å². The first kappa shape index (κ1) is 34.5. The van der Waals surface area contributed by atoms with E-state index in [-0.39, 0.29) is 28.5 Å². The summed E-state index contributed by atoms with van der Waals surface area (Å²) in [5.41, 5.74) is -0.863. The molecular formula is C33H36FN9O6S. The maximum Gasteiger partial charge on any atom is 0.410 e. The standard InChI is InChI=1S/C33H36FN9O6S/c1-33(2,3)49-32(45)41-15-13-40(14-16-41)31-36-19-22(20-37-31)43-21-38-27-9-7-23(17-24(27)30(43)44)48-29-25(18-35)28(10-8-26(29)34)39-50(46,47)42-11-5-4-6-12-42/h7-10,17,19-21,39H,4-6,11-16H2,1-3H3. The lowest BCUT2D eigenvalue weighted by molar-refractivity contribution is 0.0240. The van der Waals surface area contributed by atoms with Gasteiger partial charge in [0, 0.05) is 39.3 Å². The van der Waals surface area contributed by atoms with Crippen LogP contribution in [0.5, 0.6) is 11.5 Å². The molecule has 0 bridgehead atoms. The average molecular weight is 706 g/mol. The molecule has 0 spiro atoms. The number of nitrogens with one attached hydrogen (secondary N) is 1. The Labute approximate surface area is 288 Å². The molecule has 0 atom stereocenters. The molecule has 4 heterocycles. The van der Waals surface area contributed by atoms with Crippen molar-refractivity contribution >= 4 is 38.8 Å². The van der Waals surface area contributed by atoms with E-state index in [1.165, 1.54) is 51.9 Å². The van der Waals surface area contributed by atoms with Gasteiger partial charge in [0.15, 0.2) is 11.6 Å². The number of aromatic nitrogens is 4. The molecule has 2 aromatic heterocycles. The highest BCUT2D eigenvalue weighted by molar-refractivity contribution is 7.90. The Morgan fingerprint density at radius 2 is 1.68 bits per heavy atom. The van der Waals surface area contributed by atoms with Crippen molar-refractivity contribution in [2.45, 2.75) is 45.6 Å². The van der Waals surface area contributed by atoms with Gasteiger partial charge in [0.1, 0.15) is 29.3 Å². The van der Waals surface area contributed by atoms with E-state index >= 15 is 4.39 Å². The number of carbonyl (C=O) groups is 1. The minimum atomic E-state index is -3.99. The molecule has 4 aromatic rings. The van der Waals surface area contributed by atoms with Crippen LogP contribution in [0.3, 0.4) is 0 Å². The lowest BCUT2D eigenvalue weighted by Gasteiger charge is -2.35. The van der Waals surface area contributed by atoms with Crippen LogP contribution in [0, 0.1) is 17.1 Å². The summed E-state index contributed by atoms with van der Waals surface area (Å²) in [6, 6.07) is 8.36. The van der Waals surface area contributed by atoms with E-state index in [1.807, 2.05) is 31.7 Å². The fourth-order valence-corrected chi connectivity index (χ4v) is 6.96. The summed E-state index contributed by atoms with van der Waals surface area (Å²) in [7, 11) is -3.99. The van der Waals surface area contributed by atoms with E-state index in [0.717, 1.165) is 25.3 Å². The molecule has 0 aliphatic carbocycles. The summed E-state index contributed by atoms with van der Waals surface area (Å²) in [5.74, 6) is -0.927. The van der Waals surface area contributed by atoms with Crippen LogP contribution in [-0.4, -0.2) is 88.1 Å². The van der Waals surface area contributed by atoms with Crippen LogP contribution in [0.1, 0.15) is 45.6 Å². The summed E-state index contributed by atoms with van der Waals surface area (Å²) in [6.45, 7) is 8.02. The predicted octanol–water partition coefficient (Wildman–Crippen LogP) is 4.18. The number of hydrogen-bond acceptors (Lipinski definition) is 11. The largest absolute Gasteiger partial charge is 0.453 e. The zero-order chi connectivity index (χ0) is 35.6. The Kier molecular flexibility index (Phi) is 9.58.